The van der Waals surface area contributed by atoms with Crippen LogP contribution in [-0.4, -0.2) is 57.0 Å². The van der Waals surface area contributed by atoms with Crippen LogP contribution in [0.25, 0.3) is 5.57 Å². The van der Waals surface area contributed by atoms with Gasteiger partial charge < -0.3 is 20.6 Å². The number of hydrogen-bond acceptors (Lipinski definition) is 7. The summed E-state index contributed by atoms with van der Waals surface area (Å²) in [5.41, 5.74) is 3.84. The zero-order chi connectivity index (χ0) is 23.0. The Morgan fingerprint density at radius 3 is 2.78 bits per heavy atom. The summed E-state index contributed by atoms with van der Waals surface area (Å²) in [6.07, 6.45) is 1.07. The average molecular weight is 532 g/mol. The summed E-state index contributed by atoms with van der Waals surface area (Å²) in [6, 6.07) is 0. The second kappa shape index (κ2) is 7.22. The van der Waals surface area contributed by atoms with Gasteiger partial charge in [0.15, 0.2) is 5.75 Å². The number of aliphatic hydroxyl groups excluding tert-OH is 1. The van der Waals surface area contributed by atoms with E-state index in [9.17, 15) is 23.4 Å². The maximum absolute atomic E-state index is 10.9. The highest BCUT2D eigenvalue weighted by Gasteiger charge is 2.55. The van der Waals surface area contributed by atoms with Gasteiger partial charge in [-0.05, 0) is 24.8 Å². The molecule has 12 heteroatoms. The van der Waals surface area contributed by atoms with E-state index in [1.165, 1.54) is 5.57 Å². The van der Waals surface area contributed by atoms with E-state index in [1.807, 2.05) is 18.0 Å². The van der Waals surface area contributed by atoms with E-state index >= 15 is 0 Å². The molecule has 1 saturated heterocycles. The summed E-state index contributed by atoms with van der Waals surface area (Å²) in [4.78, 5) is 18.2. The van der Waals surface area contributed by atoms with Crippen molar-refractivity contribution in [2.45, 2.75) is 47.6 Å². The molecule has 4 N–H and O–H groups in total. The third kappa shape index (κ3) is 3.10. The Labute approximate surface area is 192 Å². The van der Waals surface area contributed by atoms with Crippen LogP contribution in [0.1, 0.15) is 24.8 Å². The van der Waals surface area contributed by atoms with Crippen molar-refractivity contribution in [3.63, 3.8) is 0 Å². The minimum Gasteiger partial charge on any atom is -0.504 e. The Hall–Kier alpha value is -2.05. The van der Waals surface area contributed by atoms with Crippen LogP contribution in [0.3, 0.4) is 0 Å². The third-order valence-corrected chi connectivity index (χ3v) is 8.61. The van der Waals surface area contributed by atoms with Crippen LogP contribution in [0.2, 0.25) is 0 Å². The van der Waals surface area contributed by atoms with Gasteiger partial charge in [-0.2, -0.15) is 13.2 Å². The van der Waals surface area contributed by atoms with Gasteiger partial charge in [0.1, 0.15) is 11.0 Å². The van der Waals surface area contributed by atoms with Crippen LogP contribution in [0.5, 0.6) is 5.75 Å². The minimum absolute atomic E-state index is 0.118. The van der Waals surface area contributed by atoms with E-state index < -0.39 is 18.2 Å². The Morgan fingerprint density at radius 2 is 2.09 bits per heavy atom. The number of hydrogen-bond donors (Lipinski definition) is 4. The number of aliphatic carboxylic acids is 1. The normalized spacial score (nSPS) is 30.7. The molecule has 4 aliphatic heterocycles. The summed E-state index contributed by atoms with van der Waals surface area (Å²) >= 11 is 5.40. The number of fused-ring (bicyclic) bond motifs is 3. The number of rotatable bonds is 0. The van der Waals surface area contributed by atoms with Crippen LogP contribution in [-0.2, 0) is 10.2 Å². The molecule has 0 saturated carbocycles. The van der Waals surface area contributed by atoms with Crippen LogP contribution < -0.4 is 15.9 Å². The van der Waals surface area contributed by atoms with Crippen molar-refractivity contribution in [2.24, 2.45) is 9.98 Å². The highest BCUT2D eigenvalue weighted by atomic mass is 79.9. The first kappa shape index (κ1) is 21.8. The van der Waals surface area contributed by atoms with Gasteiger partial charge >= 0.3 is 12.1 Å². The van der Waals surface area contributed by atoms with Crippen LogP contribution >= 0.6 is 27.7 Å². The molecule has 32 heavy (non-hydrogen) atoms. The molecule has 2 bridgehead atoms. The lowest BCUT2D eigenvalue weighted by atomic mass is 9.68. The maximum atomic E-state index is 10.9. The number of aromatic hydroxyl groups is 1. The van der Waals surface area contributed by atoms with Gasteiger partial charge in [0.25, 0.3) is 0 Å². The fourth-order valence-electron chi connectivity index (χ4n) is 5.03. The summed E-state index contributed by atoms with van der Waals surface area (Å²) in [6.45, 7) is 0.871. The molecular weight excluding hydrogens is 515 g/mol. The predicted molar refractivity (Wildman–Crippen MR) is 116 cm³/mol. The van der Waals surface area contributed by atoms with Gasteiger partial charge in [-0.15, -0.1) is 11.8 Å². The summed E-state index contributed by atoms with van der Waals surface area (Å²) in [7, 11) is 0. The second-order valence-corrected chi connectivity index (χ2v) is 10.5. The predicted octanol–water partition coefficient (Wildman–Crippen LogP) is 2.45. The van der Waals surface area contributed by atoms with Gasteiger partial charge in [0.2, 0.25) is 0 Å². The number of aliphatic imine (C=N–C) groups is 1. The molecule has 1 spiro atoms. The lowest BCUT2D eigenvalue weighted by Gasteiger charge is -2.40. The summed E-state index contributed by atoms with van der Waals surface area (Å²) in [5.74, 6) is -2.54. The van der Waals surface area contributed by atoms with Crippen molar-refractivity contribution in [1.29, 1.82) is 0 Å². The van der Waals surface area contributed by atoms with Crippen molar-refractivity contribution in [2.75, 3.05) is 11.9 Å². The summed E-state index contributed by atoms with van der Waals surface area (Å²) in [5, 5.41) is 34.1. The number of halogens is 4. The topological polar surface area (TPSA) is 115 Å². The summed E-state index contributed by atoms with van der Waals surface area (Å²) < 4.78 is 32.6. The van der Waals surface area contributed by atoms with Crippen molar-refractivity contribution >= 4 is 56.8 Å². The number of alkyl halides is 3. The largest absolute Gasteiger partial charge is 0.504 e. The average Bonchev–Trinajstić information content (AvgIpc) is 3.26. The zero-order valence-corrected chi connectivity index (χ0v) is 18.7. The van der Waals surface area contributed by atoms with Crippen LogP contribution in [0, 0.1) is 0 Å². The number of carboxylic acids is 1. The van der Waals surface area contributed by atoms with E-state index in [0.29, 0.717) is 17.5 Å². The Morgan fingerprint density at radius 1 is 1.38 bits per heavy atom. The first-order chi connectivity index (χ1) is 15.0. The standard InChI is InChI=1S/C18H16BrN3O2S.C2HF3O2/c19-8-4-18-5-11(25-10(18)3-9(8)23)22-16-13(18)14-12-7(1-2-20-14)6-21-15(12)17(16)24;3-2(4,5)1(6)7/h4,6,9-11,20,23-24H,1-3,5H2;(H,6,7)/t9-,10?,11+,18+;/m1./s1. The molecule has 5 aliphatic rings. The van der Waals surface area contributed by atoms with E-state index in [2.05, 4.69) is 32.3 Å². The first-order valence-electron chi connectivity index (χ1n) is 9.83. The SMILES string of the molecule is O=C(O)C(F)(F)F.Oc1c2c3c(c4c1=N[C@@H]1C[C@]45C=C(Br)[C@H](O)CC5S1)NCCC=3C=N2. The quantitative estimate of drug-likeness (QED) is 0.382. The van der Waals surface area contributed by atoms with Gasteiger partial charge in [-0.3, -0.25) is 9.98 Å². The molecule has 1 aromatic rings. The number of allylic oxidation sites excluding steroid dienone is 1. The number of benzene rings is 1. The van der Waals surface area contributed by atoms with Crippen molar-refractivity contribution in [3.8, 4) is 5.75 Å². The highest BCUT2D eigenvalue weighted by molar-refractivity contribution is 9.11. The van der Waals surface area contributed by atoms with Crippen molar-refractivity contribution in [1.82, 2.24) is 0 Å². The van der Waals surface area contributed by atoms with E-state index in [0.717, 1.165) is 40.3 Å². The van der Waals surface area contributed by atoms with Crippen molar-refractivity contribution in [3.05, 3.63) is 26.7 Å². The van der Waals surface area contributed by atoms with Crippen molar-refractivity contribution < 1.29 is 33.3 Å². The number of carbonyl (C=O) groups is 1. The van der Waals surface area contributed by atoms with E-state index in [4.69, 9.17) is 14.9 Å². The Balaban J connectivity index is 0.000000272. The number of phenolic OH excluding ortho intramolecular Hbond substituents is 1. The maximum Gasteiger partial charge on any atom is 0.490 e. The molecule has 0 amide bonds. The van der Waals surface area contributed by atoms with E-state index in [-0.39, 0.29) is 21.8 Å². The number of aliphatic hydroxyl groups is 1. The van der Waals surface area contributed by atoms with Gasteiger partial charge in [0, 0.05) is 38.7 Å². The molecule has 1 fully saturated rings. The minimum atomic E-state index is -5.08. The molecule has 170 valence electrons. The molecule has 0 aromatic heterocycles. The molecule has 4 heterocycles. The fourth-order valence-corrected chi connectivity index (χ4v) is 7.36. The zero-order valence-electron chi connectivity index (χ0n) is 16.3. The van der Waals surface area contributed by atoms with Gasteiger partial charge in [-0.25, -0.2) is 4.79 Å². The Kier molecular flexibility index (Phi) is 4.92. The second-order valence-electron chi connectivity index (χ2n) is 8.17. The van der Waals surface area contributed by atoms with Crippen LogP contribution in [0.4, 0.5) is 24.5 Å². The molecular formula is C20H17BrF3N3O4S. The van der Waals surface area contributed by atoms with Gasteiger partial charge in [0.05, 0.1) is 17.2 Å². The van der Waals surface area contributed by atoms with Gasteiger partial charge in [-0.1, -0.05) is 22.0 Å². The molecule has 0 radical (unpaired) electrons. The van der Waals surface area contributed by atoms with E-state index in [1.54, 1.807) is 0 Å². The first-order valence-corrected chi connectivity index (χ1v) is 11.6. The highest BCUT2D eigenvalue weighted by Crippen LogP contribution is 2.58. The number of anilines is 1. The molecule has 1 aromatic carbocycles. The monoisotopic (exact) mass is 531 g/mol. The van der Waals surface area contributed by atoms with Crippen LogP contribution in [0.15, 0.2) is 20.5 Å². The molecule has 1 unspecified atom stereocenters. The molecule has 4 atom stereocenters. The smallest absolute Gasteiger partial charge is 0.490 e. The molecule has 1 aliphatic carbocycles. The molecule has 6 rings (SSSR count). The lowest BCUT2D eigenvalue weighted by Crippen LogP contribution is -2.45. The fraction of sp³-hybridized carbons (Fsp3) is 0.450. The Bertz CT molecular complexity index is 1230. The third-order valence-electron chi connectivity index (χ3n) is 6.33. The molecule has 7 nitrogen and oxygen atoms in total. The number of carboxylic acid groups (broad SMARTS) is 1. The number of nitrogens with zero attached hydrogens (tertiary/aromatic N) is 2. The lowest BCUT2D eigenvalue weighted by molar-refractivity contribution is -0.192. The number of phenols is 1. The number of thioether (sulfide) groups is 1. The number of nitrogens with one attached hydrogen (secondary N) is 1.